The second-order valence-corrected chi connectivity index (χ2v) is 7.95. The Bertz CT molecular complexity index is 1190. The first-order valence-corrected chi connectivity index (χ1v) is 10.9. The van der Waals surface area contributed by atoms with Gasteiger partial charge in [-0.1, -0.05) is 12.1 Å². The van der Waals surface area contributed by atoms with Gasteiger partial charge in [0.2, 0.25) is 11.8 Å². The number of carbonyl (C=O) groups excluding carboxylic acids is 2. The molecule has 0 radical (unpaired) electrons. The maximum atomic E-state index is 12.5. The number of para-hydroxylation sites is 1. The van der Waals surface area contributed by atoms with Crippen LogP contribution in [-0.4, -0.2) is 66.2 Å². The molecule has 1 aliphatic heterocycles. The Hall–Kier alpha value is -3.72. The Morgan fingerprint density at radius 1 is 1.09 bits per heavy atom. The smallest absolute Gasteiger partial charge is 0.261 e. The fourth-order valence-corrected chi connectivity index (χ4v) is 3.75. The van der Waals surface area contributed by atoms with Crippen molar-refractivity contribution in [2.45, 2.75) is 13.0 Å². The van der Waals surface area contributed by atoms with E-state index in [1.165, 1.54) is 15.8 Å². The lowest BCUT2D eigenvalue weighted by molar-refractivity contribution is -0.133. The Morgan fingerprint density at radius 2 is 1.82 bits per heavy atom. The predicted molar refractivity (Wildman–Crippen MR) is 126 cm³/mol. The number of nitrogens with one attached hydrogen (secondary N) is 1. The van der Waals surface area contributed by atoms with Crippen LogP contribution in [0, 0.1) is 0 Å². The summed E-state index contributed by atoms with van der Waals surface area (Å²) in [5.41, 5.74) is 2.19. The van der Waals surface area contributed by atoms with Crippen molar-refractivity contribution >= 4 is 34.1 Å². The van der Waals surface area contributed by atoms with Gasteiger partial charge in [-0.25, -0.2) is 4.98 Å². The highest BCUT2D eigenvalue weighted by Gasteiger charge is 2.15. The number of hydrogen-bond donors (Lipinski definition) is 1. The molecular formula is C24H27N5O4. The van der Waals surface area contributed by atoms with E-state index in [0.717, 1.165) is 18.8 Å². The van der Waals surface area contributed by atoms with Gasteiger partial charge in [-0.2, -0.15) is 0 Å². The fourth-order valence-electron chi connectivity index (χ4n) is 3.75. The van der Waals surface area contributed by atoms with Gasteiger partial charge in [-0.15, -0.1) is 0 Å². The maximum Gasteiger partial charge on any atom is 0.261 e. The molecule has 0 spiro atoms. The van der Waals surface area contributed by atoms with Crippen molar-refractivity contribution in [3.8, 4) is 0 Å². The fraction of sp³-hybridized carbons (Fsp3) is 0.333. The number of aromatic nitrogens is 2. The summed E-state index contributed by atoms with van der Waals surface area (Å²) in [4.78, 5) is 45.3. The maximum absolute atomic E-state index is 12.5. The van der Waals surface area contributed by atoms with Crippen molar-refractivity contribution < 1.29 is 14.3 Å². The molecule has 3 aromatic rings. The number of likely N-dealkylation sites (N-methyl/N-ethyl adjacent to an activating group) is 1. The highest BCUT2D eigenvalue weighted by atomic mass is 16.5. The molecule has 33 heavy (non-hydrogen) atoms. The molecule has 4 rings (SSSR count). The number of morpholine rings is 1. The molecule has 2 heterocycles. The molecular weight excluding hydrogens is 422 g/mol. The molecule has 2 aromatic carbocycles. The lowest BCUT2D eigenvalue weighted by atomic mass is 10.2. The molecule has 0 saturated carbocycles. The summed E-state index contributed by atoms with van der Waals surface area (Å²) in [6, 6.07) is 14.7. The van der Waals surface area contributed by atoms with E-state index in [1.807, 2.05) is 30.3 Å². The summed E-state index contributed by atoms with van der Waals surface area (Å²) >= 11 is 0. The first kappa shape index (κ1) is 22.5. The van der Waals surface area contributed by atoms with Gasteiger partial charge in [-0.3, -0.25) is 19.0 Å². The third-order valence-electron chi connectivity index (χ3n) is 5.63. The van der Waals surface area contributed by atoms with E-state index < -0.39 is 0 Å². The monoisotopic (exact) mass is 449 g/mol. The lowest BCUT2D eigenvalue weighted by Gasteiger charge is -2.28. The topological polar surface area (TPSA) is 96.8 Å². The molecule has 1 N–H and O–H groups in total. The summed E-state index contributed by atoms with van der Waals surface area (Å²) in [5.74, 6) is -0.512. The van der Waals surface area contributed by atoms with Crippen LogP contribution in [-0.2, 0) is 20.9 Å². The molecule has 9 nitrogen and oxygen atoms in total. The van der Waals surface area contributed by atoms with Gasteiger partial charge in [0, 0.05) is 44.5 Å². The normalized spacial score (nSPS) is 13.7. The second-order valence-electron chi connectivity index (χ2n) is 7.95. The summed E-state index contributed by atoms with van der Waals surface area (Å²) in [5, 5.41) is 3.33. The van der Waals surface area contributed by atoms with Crippen molar-refractivity contribution in [3.05, 3.63) is 65.2 Å². The summed E-state index contributed by atoms with van der Waals surface area (Å²) in [6.07, 6.45) is 1.54. The molecule has 0 atom stereocenters. The van der Waals surface area contributed by atoms with Crippen LogP contribution >= 0.6 is 0 Å². The van der Waals surface area contributed by atoms with E-state index in [1.54, 1.807) is 25.2 Å². The van der Waals surface area contributed by atoms with Gasteiger partial charge in [0.05, 0.1) is 37.0 Å². The number of ether oxygens (including phenoxy) is 1. The van der Waals surface area contributed by atoms with Gasteiger partial charge in [0.15, 0.2) is 0 Å². The first-order valence-electron chi connectivity index (χ1n) is 10.9. The lowest BCUT2D eigenvalue weighted by Crippen LogP contribution is -2.36. The minimum absolute atomic E-state index is 0.0745. The van der Waals surface area contributed by atoms with E-state index in [0.29, 0.717) is 29.8 Å². The minimum Gasteiger partial charge on any atom is -0.378 e. The van der Waals surface area contributed by atoms with Crippen LogP contribution in [0.3, 0.4) is 0 Å². The molecule has 1 aliphatic rings. The standard InChI is InChI=1S/C24H27N5O4/c1-27(23(31)10-11-29-17-25-21-5-3-2-4-20(21)24(29)32)16-22(30)26-18-6-8-19(9-7-18)28-12-14-33-15-13-28/h2-9,17H,10-16H2,1H3,(H,26,30). The van der Waals surface area contributed by atoms with E-state index in [4.69, 9.17) is 4.74 Å². The molecule has 0 aliphatic carbocycles. The quantitative estimate of drug-likeness (QED) is 0.590. The number of fused-ring (bicyclic) bond motifs is 1. The number of aryl methyl sites for hydroxylation is 1. The number of anilines is 2. The van der Waals surface area contributed by atoms with Crippen molar-refractivity contribution in [3.63, 3.8) is 0 Å². The summed E-state index contributed by atoms with van der Waals surface area (Å²) in [6.45, 7) is 3.25. The molecule has 1 aromatic heterocycles. The molecule has 0 unspecified atom stereocenters. The molecule has 1 fully saturated rings. The number of carbonyl (C=O) groups is 2. The van der Waals surface area contributed by atoms with Gasteiger partial charge in [0.25, 0.3) is 5.56 Å². The predicted octanol–water partition coefficient (Wildman–Crippen LogP) is 1.72. The average Bonchev–Trinajstić information content (AvgIpc) is 2.84. The second kappa shape index (κ2) is 10.3. The van der Waals surface area contributed by atoms with Crippen molar-refractivity contribution in [1.29, 1.82) is 0 Å². The van der Waals surface area contributed by atoms with Crippen molar-refractivity contribution in [2.75, 3.05) is 50.1 Å². The molecule has 172 valence electrons. The zero-order valence-corrected chi connectivity index (χ0v) is 18.6. The summed E-state index contributed by atoms with van der Waals surface area (Å²) < 4.78 is 6.79. The molecule has 2 amide bonds. The van der Waals surface area contributed by atoms with Crippen LogP contribution in [0.2, 0.25) is 0 Å². The summed E-state index contributed by atoms with van der Waals surface area (Å²) in [7, 11) is 1.57. The number of rotatable bonds is 7. The van der Waals surface area contributed by atoms with Crippen LogP contribution in [0.1, 0.15) is 6.42 Å². The average molecular weight is 450 g/mol. The minimum atomic E-state index is -0.283. The zero-order chi connectivity index (χ0) is 23.2. The zero-order valence-electron chi connectivity index (χ0n) is 18.6. The third-order valence-corrected chi connectivity index (χ3v) is 5.63. The SMILES string of the molecule is CN(CC(=O)Nc1ccc(N2CCOCC2)cc1)C(=O)CCn1cnc2ccccc2c1=O. The van der Waals surface area contributed by atoms with E-state index >= 15 is 0 Å². The van der Waals surface area contributed by atoms with Crippen LogP contribution in [0.15, 0.2) is 59.7 Å². The Balaban J connectivity index is 1.27. The van der Waals surface area contributed by atoms with E-state index in [2.05, 4.69) is 15.2 Å². The van der Waals surface area contributed by atoms with Crippen molar-refractivity contribution in [1.82, 2.24) is 14.5 Å². The van der Waals surface area contributed by atoms with Gasteiger partial charge in [0.1, 0.15) is 0 Å². The Kier molecular flexibility index (Phi) is 6.99. The number of benzene rings is 2. The Labute approximate surface area is 191 Å². The van der Waals surface area contributed by atoms with Crippen LogP contribution in [0.4, 0.5) is 11.4 Å². The van der Waals surface area contributed by atoms with Gasteiger partial charge < -0.3 is 19.9 Å². The van der Waals surface area contributed by atoms with Crippen LogP contribution < -0.4 is 15.8 Å². The first-order chi connectivity index (χ1) is 16.0. The van der Waals surface area contributed by atoms with E-state index in [-0.39, 0.29) is 36.9 Å². The van der Waals surface area contributed by atoms with E-state index in [9.17, 15) is 14.4 Å². The molecule has 0 bridgehead atoms. The molecule has 1 saturated heterocycles. The highest BCUT2D eigenvalue weighted by Crippen LogP contribution is 2.19. The van der Waals surface area contributed by atoms with Gasteiger partial charge >= 0.3 is 0 Å². The third kappa shape index (κ3) is 5.56. The van der Waals surface area contributed by atoms with Crippen molar-refractivity contribution in [2.24, 2.45) is 0 Å². The van der Waals surface area contributed by atoms with Crippen LogP contribution in [0.25, 0.3) is 10.9 Å². The van der Waals surface area contributed by atoms with Gasteiger partial charge in [-0.05, 0) is 36.4 Å². The number of nitrogens with zero attached hydrogens (tertiary/aromatic N) is 4. The number of hydrogen-bond acceptors (Lipinski definition) is 6. The van der Waals surface area contributed by atoms with Crippen LogP contribution in [0.5, 0.6) is 0 Å². The Morgan fingerprint density at radius 3 is 2.58 bits per heavy atom. The largest absolute Gasteiger partial charge is 0.378 e. The highest BCUT2D eigenvalue weighted by molar-refractivity contribution is 5.94. The number of amides is 2. The molecule has 9 heteroatoms.